The largest absolute Gasteiger partial charge is 0.396 e. The van der Waals surface area contributed by atoms with E-state index < -0.39 is 0 Å². The molecule has 0 atom stereocenters. The predicted octanol–water partition coefficient (Wildman–Crippen LogP) is 2.16. The molecule has 2 aromatic rings. The van der Waals surface area contributed by atoms with Crippen molar-refractivity contribution in [1.29, 1.82) is 0 Å². The number of nitrogens with two attached hydrogens (primary N) is 1. The molecule has 0 bridgehead atoms. The van der Waals surface area contributed by atoms with E-state index in [9.17, 15) is 4.79 Å². The van der Waals surface area contributed by atoms with Crippen LogP contribution in [0.25, 0.3) is 0 Å². The monoisotopic (exact) mass is 290 g/mol. The Bertz CT molecular complexity index is 586. The summed E-state index contributed by atoms with van der Waals surface area (Å²) in [5, 5.41) is 6.46. The van der Waals surface area contributed by atoms with E-state index in [0.717, 1.165) is 0 Å². The lowest BCUT2D eigenvalue weighted by atomic mass is 10.2. The highest BCUT2D eigenvalue weighted by atomic mass is 35.5. The number of benzene rings is 1. The third-order valence-electron chi connectivity index (χ3n) is 2.65. The third-order valence-corrected chi connectivity index (χ3v) is 2.90. The molecule has 0 saturated carbocycles. The predicted molar refractivity (Wildman–Crippen MR) is 80.9 cm³/mol. The first kappa shape index (κ1) is 14.1. The molecule has 0 radical (unpaired) electrons. The number of rotatable bonds is 5. The Morgan fingerprint density at radius 2 is 1.95 bits per heavy atom. The molecule has 1 amide bonds. The van der Waals surface area contributed by atoms with Crippen molar-refractivity contribution in [2.24, 2.45) is 0 Å². The number of aromatic nitrogens is 1. The van der Waals surface area contributed by atoms with E-state index in [1.807, 2.05) is 0 Å². The highest BCUT2D eigenvalue weighted by molar-refractivity contribution is 6.30. The Morgan fingerprint density at radius 3 is 2.65 bits per heavy atom. The Morgan fingerprint density at radius 1 is 1.20 bits per heavy atom. The second-order valence-corrected chi connectivity index (χ2v) is 4.57. The van der Waals surface area contributed by atoms with Crippen molar-refractivity contribution in [3.8, 4) is 0 Å². The summed E-state index contributed by atoms with van der Waals surface area (Å²) in [6.07, 6.45) is 1.66. The maximum absolute atomic E-state index is 11.8. The molecule has 1 heterocycles. The molecule has 0 aliphatic heterocycles. The number of pyridine rings is 1. The van der Waals surface area contributed by atoms with Gasteiger partial charge >= 0.3 is 0 Å². The summed E-state index contributed by atoms with van der Waals surface area (Å²) in [6, 6.07) is 10.3. The molecular weight excluding hydrogens is 276 g/mol. The molecule has 2 rings (SSSR count). The van der Waals surface area contributed by atoms with Crippen molar-refractivity contribution < 1.29 is 4.79 Å². The Balaban J connectivity index is 1.77. The van der Waals surface area contributed by atoms with Crippen LogP contribution in [0.4, 0.5) is 11.5 Å². The first-order chi connectivity index (χ1) is 9.66. The minimum atomic E-state index is -0.141. The van der Waals surface area contributed by atoms with E-state index in [1.54, 1.807) is 42.6 Å². The van der Waals surface area contributed by atoms with Gasteiger partial charge in [0.1, 0.15) is 5.82 Å². The van der Waals surface area contributed by atoms with Crippen LogP contribution in [0.1, 0.15) is 10.4 Å². The number of nitrogens with one attached hydrogen (secondary N) is 2. The van der Waals surface area contributed by atoms with Crippen molar-refractivity contribution in [2.45, 2.75) is 0 Å². The molecule has 0 saturated heterocycles. The van der Waals surface area contributed by atoms with Crippen molar-refractivity contribution in [3.63, 3.8) is 0 Å². The van der Waals surface area contributed by atoms with Gasteiger partial charge in [-0.05, 0) is 36.4 Å². The average Bonchev–Trinajstić information content (AvgIpc) is 2.46. The van der Waals surface area contributed by atoms with Crippen molar-refractivity contribution in [2.75, 3.05) is 24.1 Å². The second kappa shape index (κ2) is 6.77. The van der Waals surface area contributed by atoms with Gasteiger partial charge in [-0.25, -0.2) is 4.98 Å². The van der Waals surface area contributed by atoms with Gasteiger partial charge < -0.3 is 16.4 Å². The van der Waals surface area contributed by atoms with Crippen LogP contribution in [-0.4, -0.2) is 24.0 Å². The molecule has 4 N–H and O–H groups in total. The minimum absolute atomic E-state index is 0.141. The van der Waals surface area contributed by atoms with Crippen LogP contribution in [0.3, 0.4) is 0 Å². The molecular formula is C14H15ClN4O. The van der Waals surface area contributed by atoms with Gasteiger partial charge in [-0.15, -0.1) is 0 Å². The van der Waals surface area contributed by atoms with Crippen LogP contribution in [0.15, 0.2) is 42.6 Å². The fourth-order valence-corrected chi connectivity index (χ4v) is 1.75. The maximum Gasteiger partial charge on any atom is 0.251 e. The summed E-state index contributed by atoms with van der Waals surface area (Å²) in [4.78, 5) is 15.9. The fraction of sp³-hybridized carbons (Fsp3) is 0.143. The molecule has 0 aliphatic rings. The highest BCUT2D eigenvalue weighted by Crippen LogP contribution is 2.12. The fourth-order valence-electron chi connectivity index (χ4n) is 1.63. The zero-order valence-electron chi connectivity index (χ0n) is 10.8. The highest BCUT2D eigenvalue weighted by Gasteiger charge is 2.04. The number of nitrogens with zero attached hydrogens (tertiary/aromatic N) is 1. The van der Waals surface area contributed by atoms with Crippen molar-refractivity contribution in [3.05, 3.63) is 53.2 Å². The molecule has 20 heavy (non-hydrogen) atoms. The molecule has 5 nitrogen and oxygen atoms in total. The number of carbonyl (C=O) groups is 1. The van der Waals surface area contributed by atoms with Crippen LogP contribution in [0.2, 0.25) is 5.02 Å². The van der Waals surface area contributed by atoms with Crippen LogP contribution in [0.5, 0.6) is 0 Å². The number of anilines is 2. The molecule has 0 unspecified atom stereocenters. The average molecular weight is 291 g/mol. The first-order valence-electron chi connectivity index (χ1n) is 6.15. The van der Waals surface area contributed by atoms with E-state index in [4.69, 9.17) is 17.3 Å². The topological polar surface area (TPSA) is 80.0 Å². The lowest BCUT2D eigenvalue weighted by molar-refractivity contribution is 0.0955. The van der Waals surface area contributed by atoms with Crippen molar-refractivity contribution in [1.82, 2.24) is 10.3 Å². The maximum atomic E-state index is 11.8. The lowest BCUT2D eigenvalue weighted by Crippen LogP contribution is -2.28. The lowest BCUT2D eigenvalue weighted by Gasteiger charge is -2.09. The van der Waals surface area contributed by atoms with Crippen LogP contribution >= 0.6 is 11.6 Å². The van der Waals surface area contributed by atoms with Crippen molar-refractivity contribution >= 4 is 29.0 Å². The van der Waals surface area contributed by atoms with Gasteiger partial charge in [-0.1, -0.05) is 11.6 Å². The second-order valence-electron chi connectivity index (χ2n) is 4.13. The van der Waals surface area contributed by atoms with Gasteiger partial charge in [0.05, 0.1) is 5.69 Å². The minimum Gasteiger partial charge on any atom is -0.396 e. The van der Waals surface area contributed by atoms with Crippen LogP contribution in [0, 0.1) is 0 Å². The van der Waals surface area contributed by atoms with Gasteiger partial charge in [0.15, 0.2) is 0 Å². The summed E-state index contributed by atoms with van der Waals surface area (Å²) in [5.41, 5.74) is 6.90. The number of nitrogen functional groups attached to an aromatic ring is 1. The number of carbonyl (C=O) groups excluding carboxylic acids is 1. The summed E-state index contributed by atoms with van der Waals surface area (Å²) >= 11 is 5.77. The molecule has 104 valence electrons. The summed E-state index contributed by atoms with van der Waals surface area (Å²) in [5.74, 6) is 0.478. The Labute approximate surface area is 122 Å². The SMILES string of the molecule is Nc1cccnc1NCCNC(=O)c1ccc(Cl)cc1. The summed E-state index contributed by atoms with van der Waals surface area (Å²) in [6.45, 7) is 1.01. The molecule has 1 aromatic carbocycles. The zero-order valence-corrected chi connectivity index (χ0v) is 11.5. The van der Waals surface area contributed by atoms with Gasteiger partial charge in [0, 0.05) is 29.9 Å². The normalized spacial score (nSPS) is 10.1. The molecule has 1 aromatic heterocycles. The molecule has 0 aliphatic carbocycles. The van der Waals surface area contributed by atoms with E-state index in [1.165, 1.54) is 0 Å². The molecule has 0 fully saturated rings. The number of hydrogen-bond donors (Lipinski definition) is 3. The number of amides is 1. The summed E-state index contributed by atoms with van der Waals surface area (Å²) < 4.78 is 0. The van der Waals surface area contributed by atoms with Gasteiger partial charge in [-0.3, -0.25) is 4.79 Å². The third kappa shape index (κ3) is 3.86. The summed E-state index contributed by atoms with van der Waals surface area (Å²) in [7, 11) is 0. The van der Waals surface area contributed by atoms with Crippen LogP contribution < -0.4 is 16.4 Å². The number of hydrogen-bond acceptors (Lipinski definition) is 4. The number of halogens is 1. The van der Waals surface area contributed by atoms with Crippen LogP contribution in [-0.2, 0) is 0 Å². The van der Waals surface area contributed by atoms with E-state index in [0.29, 0.717) is 35.2 Å². The van der Waals surface area contributed by atoms with Gasteiger partial charge in [-0.2, -0.15) is 0 Å². The standard InChI is InChI=1S/C14H15ClN4O/c15-11-5-3-10(4-6-11)14(20)19-9-8-18-13-12(16)2-1-7-17-13/h1-7H,8-9,16H2,(H,17,18)(H,19,20). The van der Waals surface area contributed by atoms with E-state index in [-0.39, 0.29) is 5.91 Å². The molecule has 0 spiro atoms. The van der Waals surface area contributed by atoms with E-state index >= 15 is 0 Å². The zero-order chi connectivity index (χ0) is 14.4. The quantitative estimate of drug-likeness (QED) is 0.737. The first-order valence-corrected chi connectivity index (χ1v) is 6.53. The van der Waals surface area contributed by atoms with Gasteiger partial charge in [0.25, 0.3) is 5.91 Å². The Kier molecular flexibility index (Phi) is 4.79. The van der Waals surface area contributed by atoms with Gasteiger partial charge in [0.2, 0.25) is 0 Å². The Hall–Kier alpha value is -2.27. The van der Waals surface area contributed by atoms with E-state index in [2.05, 4.69) is 15.6 Å². The molecule has 6 heteroatoms. The smallest absolute Gasteiger partial charge is 0.251 e.